The third-order valence-corrected chi connectivity index (χ3v) is 3.28. The number of carbonyl (C=O) groups excluding carboxylic acids is 1. The van der Waals surface area contributed by atoms with Crippen molar-refractivity contribution in [3.05, 3.63) is 36.7 Å². The van der Waals surface area contributed by atoms with Crippen molar-refractivity contribution in [3.8, 4) is 0 Å². The van der Waals surface area contributed by atoms with Crippen LogP contribution in [0.15, 0.2) is 36.7 Å². The molecule has 0 bridgehead atoms. The molecule has 1 fully saturated rings. The predicted molar refractivity (Wildman–Crippen MR) is 68.9 cm³/mol. The second-order valence-corrected chi connectivity index (χ2v) is 4.76. The highest BCUT2D eigenvalue weighted by atomic mass is 19.1. The smallest absolute Gasteiger partial charge is 0.224 e. The summed E-state index contributed by atoms with van der Waals surface area (Å²) in [7, 11) is 0. The molecule has 18 heavy (non-hydrogen) atoms. The highest BCUT2D eigenvalue weighted by Gasteiger charge is 2.28. The predicted octanol–water partition coefficient (Wildman–Crippen LogP) is 3.10. The van der Waals surface area contributed by atoms with Crippen molar-refractivity contribution < 1.29 is 9.18 Å². The number of nitrogens with zero attached hydrogens (tertiary/aromatic N) is 1. The first-order chi connectivity index (χ1) is 8.65. The Bertz CT molecular complexity index is 433. The molecule has 2 rings (SSSR count). The molecule has 1 aliphatic carbocycles. The minimum absolute atomic E-state index is 0.138. The number of alkyl halides is 1. The van der Waals surface area contributed by atoms with Crippen molar-refractivity contribution in [2.24, 2.45) is 5.92 Å². The molecule has 0 radical (unpaired) electrons. The Hall–Kier alpha value is -1.71. The van der Waals surface area contributed by atoms with Crippen LogP contribution in [0.5, 0.6) is 0 Å². The molecule has 1 aromatic heterocycles. The number of nitrogens with one attached hydrogen (secondary N) is 1. The zero-order chi connectivity index (χ0) is 13.0. The maximum absolute atomic E-state index is 13.7. The lowest BCUT2D eigenvalue weighted by molar-refractivity contribution is -0.117. The van der Waals surface area contributed by atoms with Gasteiger partial charge in [-0.15, -0.1) is 0 Å². The number of pyridine rings is 1. The first-order valence-corrected chi connectivity index (χ1v) is 6.16. The van der Waals surface area contributed by atoms with Gasteiger partial charge in [0.05, 0.1) is 0 Å². The lowest BCUT2D eigenvalue weighted by Gasteiger charge is -2.26. The molecule has 0 saturated heterocycles. The molecule has 1 heterocycles. The Labute approximate surface area is 106 Å². The summed E-state index contributed by atoms with van der Waals surface area (Å²) in [5.41, 5.74) is 1.65. The topological polar surface area (TPSA) is 42.0 Å². The van der Waals surface area contributed by atoms with Crippen molar-refractivity contribution in [1.82, 2.24) is 4.98 Å². The summed E-state index contributed by atoms with van der Waals surface area (Å²) < 4.78 is 13.7. The number of hydrogen-bond acceptors (Lipinski definition) is 2. The Morgan fingerprint density at radius 2 is 2.22 bits per heavy atom. The molecule has 1 aliphatic rings. The van der Waals surface area contributed by atoms with Gasteiger partial charge in [0, 0.05) is 24.5 Å². The number of aromatic nitrogens is 1. The van der Waals surface area contributed by atoms with E-state index in [4.69, 9.17) is 0 Å². The van der Waals surface area contributed by atoms with Crippen molar-refractivity contribution in [1.29, 1.82) is 0 Å². The van der Waals surface area contributed by atoms with E-state index in [1.165, 1.54) is 0 Å². The number of halogens is 1. The summed E-state index contributed by atoms with van der Waals surface area (Å²) in [5, 5.41) is 2.75. The molecule has 96 valence electrons. The fraction of sp³-hybridized carbons (Fsp3) is 0.429. The second kappa shape index (κ2) is 5.76. The molecular formula is C14H17FN2O. The minimum Gasteiger partial charge on any atom is -0.326 e. The highest BCUT2D eigenvalue weighted by molar-refractivity contribution is 5.90. The van der Waals surface area contributed by atoms with E-state index in [-0.39, 0.29) is 18.2 Å². The lowest BCUT2D eigenvalue weighted by Crippen LogP contribution is -2.26. The fourth-order valence-electron chi connectivity index (χ4n) is 2.23. The Morgan fingerprint density at radius 1 is 1.50 bits per heavy atom. The highest BCUT2D eigenvalue weighted by Crippen LogP contribution is 2.32. The van der Waals surface area contributed by atoms with E-state index in [2.05, 4.69) is 16.9 Å². The second-order valence-electron chi connectivity index (χ2n) is 4.76. The third-order valence-electron chi connectivity index (χ3n) is 3.28. The van der Waals surface area contributed by atoms with Gasteiger partial charge in [0.1, 0.15) is 6.17 Å². The molecule has 1 saturated carbocycles. The van der Waals surface area contributed by atoms with E-state index >= 15 is 0 Å². The molecule has 1 amide bonds. The standard InChI is InChI=1S/C14H17FN2O/c1-10-2-3-11(13(15)8-10)9-14(18)17-12-4-6-16-7-5-12/h4-7,11,13H,1-3,8-9H2,(H,16,17,18). The zero-order valence-corrected chi connectivity index (χ0v) is 10.2. The maximum atomic E-state index is 13.7. The van der Waals surface area contributed by atoms with Gasteiger partial charge in [-0.3, -0.25) is 9.78 Å². The number of rotatable bonds is 3. The molecule has 0 aliphatic heterocycles. The monoisotopic (exact) mass is 248 g/mol. The molecule has 1 N–H and O–H groups in total. The van der Waals surface area contributed by atoms with Gasteiger partial charge in [-0.2, -0.15) is 0 Å². The number of hydrogen-bond donors (Lipinski definition) is 1. The first kappa shape index (κ1) is 12.7. The van der Waals surface area contributed by atoms with Crippen LogP contribution in [0.3, 0.4) is 0 Å². The van der Waals surface area contributed by atoms with Crippen LogP contribution >= 0.6 is 0 Å². The van der Waals surface area contributed by atoms with Crippen LogP contribution in [0.2, 0.25) is 0 Å². The van der Waals surface area contributed by atoms with E-state index in [1.54, 1.807) is 24.5 Å². The number of carbonyl (C=O) groups is 1. The normalized spacial score (nSPS) is 23.7. The van der Waals surface area contributed by atoms with E-state index in [0.717, 1.165) is 12.0 Å². The van der Waals surface area contributed by atoms with E-state index in [0.29, 0.717) is 18.5 Å². The van der Waals surface area contributed by atoms with Gasteiger partial charge >= 0.3 is 0 Å². The van der Waals surface area contributed by atoms with Crippen LogP contribution in [0.4, 0.5) is 10.1 Å². The summed E-state index contributed by atoms with van der Waals surface area (Å²) in [6.45, 7) is 3.80. The average Bonchev–Trinajstić information content (AvgIpc) is 2.34. The van der Waals surface area contributed by atoms with Gasteiger partial charge in [-0.05, 0) is 37.3 Å². The largest absolute Gasteiger partial charge is 0.326 e. The van der Waals surface area contributed by atoms with Crippen molar-refractivity contribution in [2.45, 2.75) is 31.9 Å². The Morgan fingerprint density at radius 3 is 2.89 bits per heavy atom. The van der Waals surface area contributed by atoms with Crippen molar-refractivity contribution in [3.63, 3.8) is 0 Å². The summed E-state index contributed by atoms with van der Waals surface area (Å²) in [4.78, 5) is 15.7. The summed E-state index contributed by atoms with van der Waals surface area (Å²) >= 11 is 0. The van der Waals surface area contributed by atoms with E-state index in [1.807, 2.05) is 0 Å². The van der Waals surface area contributed by atoms with Gasteiger partial charge in [0.25, 0.3) is 0 Å². The number of amides is 1. The molecule has 2 atom stereocenters. The summed E-state index contributed by atoms with van der Waals surface area (Å²) in [6.07, 6.45) is 4.45. The van der Waals surface area contributed by atoms with Crippen molar-refractivity contribution >= 4 is 11.6 Å². The molecule has 4 heteroatoms. The number of anilines is 1. The molecule has 3 nitrogen and oxygen atoms in total. The van der Waals surface area contributed by atoms with E-state index < -0.39 is 6.17 Å². The van der Waals surface area contributed by atoms with Crippen LogP contribution in [-0.4, -0.2) is 17.1 Å². The quantitative estimate of drug-likeness (QED) is 0.835. The first-order valence-electron chi connectivity index (χ1n) is 6.16. The zero-order valence-electron chi connectivity index (χ0n) is 10.2. The summed E-state index contributed by atoms with van der Waals surface area (Å²) in [6, 6.07) is 3.43. The third kappa shape index (κ3) is 3.39. The summed E-state index contributed by atoms with van der Waals surface area (Å²) in [5.74, 6) is -0.321. The number of allylic oxidation sites excluding steroid dienone is 1. The van der Waals surface area contributed by atoms with Crippen LogP contribution in [0, 0.1) is 5.92 Å². The van der Waals surface area contributed by atoms with Gasteiger partial charge in [0.15, 0.2) is 0 Å². The molecule has 0 spiro atoms. The average molecular weight is 248 g/mol. The van der Waals surface area contributed by atoms with Gasteiger partial charge in [-0.25, -0.2) is 4.39 Å². The van der Waals surface area contributed by atoms with E-state index in [9.17, 15) is 9.18 Å². The SMILES string of the molecule is C=C1CCC(CC(=O)Nc2ccncc2)C(F)C1. The van der Waals surface area contributed by atoms with Crippen molar-refractivity contribution in [2.75, 3.05) is 5.32 Å². The molecular weight excluding hydrogens is 231 g/mol. The van der Waals surface area contributed by atoms with Gasteiger partial charge < -0.3 is 5.32 Å². The van der Waals surface area contributed by atoms with Gasteiger partial charge in [0.2, 0.25) is 5.91 Å². The Kier molecular flexibility index (Phi) is 4.07. The Balaban J connectivity index is 1.86. The minimum atomic E-state index is -0.936. The molecule has 2 unspecified atom stereocenters. The van der Waals surface area contributed by atoms with Crippen LogP contribution < -0.4 is 5.32 Å². The van der Waals surface area contributed by atoms with Gasteiger partial charge in [-0.1, -0.05) is 12.2 Å². The van der Waals surface area contributed by atoms with Crippen LogP contribution in [0.1, 0.15) is 25.7 Å². The molecule has 1 aromatic rings. The van der Waals surface area contributed by atoms with Crippen LogP contribution in [0.25, 0.3) is 0 Å². The fourth-order valence-corrected chi connectivity index (χ4v) is 2.23. The molecule has 0 aromatic carbocycles. The van der Waals surface area contributed by atoms with Crippen LogP contribution in [-0.2, 0) is 4.79 Å². The lowest BCUT2D eigenvalue weighted by atomic mass is 9.83. The maximum Gasteiger partial charge on any atom is 0.224 e.